The normalized spacial score (nSPS) is 18.4. The van der Waals surface area contributed by atoms with E-state index in [2.05, 4.69) is 23.9 Å². The molecule has 0 amide bonds. The van der Waals surface area contributed by atoms with Crippen LogP contribution in [0, 0.1) is 23.0 Å². The fourth-order valence-corrected chi connectivity index (χ4v) is 4.01. The van der Waals surface area contributed by atoms with Crippen molar-refractivity contribution in [1.29, 1.82) is 0 Å². The fourth-order valence-electron chi connectivity index (χ4n) is 4.01. The summed E-state index contributed by atoms with van der Waals surface area (Å²) in [7, 11) is 0. The van der Waals surface area contributed by atoms with Crippen LogP contribution >= 0.6 is 0 Å². The molecule has 4 unspecified atom stereocenters. The van der Waals surface area contributed by atoms with Gasteiger partial charge in [0.1, 0.15) is 17.3 Å². The lowest BCUT2D eigenvalue weighted by atomic mass is 9.69. The Morgan fingerprint density at radius 1 is 1.18 bits per heavy atom. The number of pyridine rings is 1. The van der Waals surface area contributed by atoms with Crippen LogP contribution in [0.1, 0.15) is 51.8 Å². The van der Waals surface area contributed by atoms with Crippen molar-refractivity contribution in [3.8, 4) is 5.88 Å². The first-order valence-corrected chi connectivity index (χ1v) is 12.7. The van der Waals surface area contributed by atoms with E-state index in [9.17, 15) is 18.3 Å². The number of halogens is 3. The van der Waals surface area contributed by atoms with E-state index < -0.39 is 29.3 Å². The smallest absolute Gasteiger partial charge is 0.213 e. The lowest BCUT2D eigenvalue weighted by Gasteiger charge is -2.41. The van der Waals surface area contributed by atoms with Gasteiger partial charge in [0.15, 0.2) is 0 Å². The molecule has 38 heavy (non-hydrogen) atoms. The number of allylic oxidation sites excluding steroid dienone is 3. The molecule has 4 N–H and O–H groups in total. The molecule has 206 valence electrons. The third-order valence-electron chi connectivity index (χ3n) is 7.45. The minimum Gasteiger partial charge on any atom is -0.478 e. The van der Waals surface area contributed by atoms with Gasteiger partial charge in [-0.15, -0.1) is 0 Å². The highest BCUT2D eigenvalue weighted by atomic mass is 19.1. The predicted molar refractivity (Wildman–Crippen MR) is 143 cm³/mol. The molecule has 0 fully saturated rings. The number of hydrogen-bond acceptors (Lipinski definition) is 6. The first kappa shape index (κ1) is 29.4. The number of aliphatic hydroxyl groups is 1. The summed E-state index contributed by atoms with van der Waals surface area (Å²) < 4.78 is 48.0. The zero-order chi connectivity index (χ0) is 28.1. The number of alkyl halides is 1. The van der Waals surface area contributed by atoms with Gasteiger partial charge in [0.2, 0.25) is 5.88 Å². The SMILES string of the molecule is C=C1C=C(c2nc(OCCC(C)(CF)C(C)(O)c3ccc(F)cc3)ccc2F)C=CN1NC(N)C(C)CC. The van der Waals surface area contributed by atoms with Gasteiger partial charge in [-0.3, -0.25) is 9.40 Å². The minimum absolute atomic E-state index is 0.0165. The van der Waals surface area contributed by atoms with E-state index in [4.69, 9.17) is 10.5 Å². The molecule has 9 heteroatoms. The Bertz CT molecular complexity index is 1180. The van der Waals surface area contributed by atoms with Crippen molar-refractivity contribution < 1.29 is 23.0 Å². The average Bonchev–Trinajstić information content (AvgIpc) is 2.90. The minimum atomic E-state index is -1.59. The lowest BCUT2D eigenvalue weighted by Crippen LogP contribution is -2.49. The molecule has 1 aromatic heterocycles. The van der Waals surface area contributed by atoms with E-state index in [0.29, 0.717) is 16.8 Å². The van der Waals surface area contributed by atoms with Crippen LogP contribution in [0.25, 0.3) is 5.57 Å². The number of nitrogens with one attached hydrogen (secondary N) is 1. The highest BCUT2D eigenvalue weighted by Crippen LogP contribution is 2.43. The Hall–Kier alpha value is -3.14. The molecule has 1 aliphatic rings. The number of nitrogens with zero attached hydrogens (tertiary/aromatic N) is 2. The Morgan fingerprint density at radius 3 is 2.47 bits per heavy atom. The summed E-state index contributed by atoms with van der Waals surface area (Å²) in [5.41, 5.74) is 8.06. The monoisotopic (exact) mass is 530 g/mol. The zero-order valence-electron chi connectivity index (χ0n) is 22.3. The van der Waals surface area contributed by atoms with Crippen molar-refractivity contribution in [1.82, 2.24) is 15.4 Å². The number of aromatic nitrogens is 1. The van der Waals surface area contributed by atoms with Crippen LogP contribution in [0.3, 0.4) is 0 Å². The number of ether oxygens (including phenoxy) is 1. The van der Waals surface area contributed by atoms with Gasteiger partial charge in [-0.1, -0.05) is 45.9 Å². The van der Waals surface area contributed by atoms with Gasteiger partial charge in [0.25, 0.3) is 0 Å². The van der Waals surface area contributed by atoms with Crippen LogP contribution < -0.4 is 15.9 Å². The standard InChI is InChI=1S/C29H37F3N4O2/c1-6-19(2)27(33)35-36-15-13-21(17-20(36)3)26-24(32)11-12-25(34-26)38-16-14-28(4,18-30)29(5,37)22-7-9-23(31)10-8-22/h7-13,15,17,19,27,35,37H,3,6,14,16,18,33H2,1-2,4-5H3. The van der Waals surface area contributed by atoms with Gasteiger partial charge < -0.3 is 15.6 Å². The molecule has 0 bridgehead atoms. The summed E-state index contributed by atoms with van der Waals surface area (Å²) in [6, 6.07) is 7.97. The summed E-state index contributed by atoms with van der Waals surface area (Å²) in [6.07, 6.45) is 5.85. The molecule has 6 nitrogen and oxygen atoms in total. The quantitative estimate of drug-likeness (QED) is 0.311. The molecule has 0 saturated carbocycles. The number of hydrogen-bond donors (Lipinski definition) is 3. The second kappa shape index (κ2) is 12.1. The second-order valence-corrected chi connectivity index (χ2v) is 10.2. The lowest BCUT2D eigenvalue weighted by molar-refractivity contribution is -0.0882. The maximum absolute atomic E-state index is 14.7. The van der Waals surface area contributed by atoms with Crippen LogP contribution in [0.5, 0.6) is 5.88 Å². The fraction of sp³-hybridized carbons (Fsp3) is 0.414. The van der Waals surface area contributed by atoms with Crippen molar-refractivity contribution in [3.05, 3.63) is 89.9 Å². The van der Waals surface area contributed by atoms with Crippen LogP contribution in [0.4, 0.5) is 13.2 Å². The Labute approximate surface area is 222 Å². The van der Waals surface area contributed by atoms with Crippen LogP contribution in [0.15, 0.2) is 67.0 Å². The van der Waals surface area contributed by atoms with Gasteiger partial charge in [-0.05, 0) is 55.2 Å². The summed E-state index contributed by atoms with van der Waals surface area (Å²) in [6.45, 7) is 10.4. The van der Waals surface area contributed by atoms with Crippen molar-refractivity contribution in [2.45, 2.75) is 52.3 Å². The van der Waals surface area contributed by atoms with Crippen LogP contribution in [-0.4, -0.2) is 34.5 Å². The molecule has 1 aromatic carbocycles. The van der Waals surface area contributed by atoms with Gasteiger partial charge in [0.05, 0.1) is 30.7 Å². The second-order valence-electron chi connectivity index (χ2n) is 10.2. The number of benzene rings is 1. The summed E-state index contributed by atoms with van der Waals surface area (Å²) >= 11 is 0. The first-order valence-electron chi connectivity index (χ1n) is 12.7. The molecule has 0 spiro atoms. The molecule has 0 saturated heterocycles. The number of hydrazine groups is 1. The van der Waals surface area contributed by atoms with Crippen molar-refractivity contribution in [2.24, 2.45) is 17.1 Å². The first-order chi connectivity index (χ1) is 17.9. The molecule has 2 aromatic rings. The van der Waals surface area contributed by atoms with Crippen LogP contribution in [-0.2, 0) is 5.60 Å². The van der Waals surface area contributed by atoms with Gasteiger partial charge in [-0.2, -0.15) is 0 Å². The Morgan fingerprint density at radius 2 is 1.87 bits per heavy atom. The van der Waals surface area contributed by atoms with E-state index in [-0.39, 0.29) is 36.7 Å². The van der Waals surface area contributed by atoms with Crippen molar-refractivity contribution in [2.75, 3.05) is 13.3 Å². The summed E-state index contributed by atoms with van der Waals surface area (Å²) in [5.74, 6) is -0.582. The average molecular weight is 531 g/mol. The van der Waals surface area contributed by atoms with Gasteiger partial charge in [-0.25, -0.2) is 19.2 Å². The number of nitrogens with two attached hydrogens (primary N) is 1. The molecule has 4 atom stereocenters. The highest BCUT2D eigenvalue weighted by Gasteiger charge is 2.44. The molecular formula is C29H37F3N4O2. The predicted octanol–water partition coefficient (Wildman–Crippen LogP) is 5.57. The topological polar surface area (TPSA) is 83.6 Å². The Balaban J connectivity index is 1.69. The molecular weight excluding hydrogens is 493 g/mol. The number of rotatable bonds is 12. The Kier molecular flexibility index (Phi) is 9.40. The highest BCUT2D eigenvalue weighted by molar-refractivity contribution is 5.75. The van der Waals surface area contributed by atoms with Crippen LogP contribution in [0.2, 0.25) is 0 Å². The summed E-state index contributed by atoms with van der Waals surface area (Å²) in [4.78, 5) is 4.31. The molecule has 3 rings (SSSR count). The third kappa shape index (κ3) is 6.46. The van der Waals surface area contributed by atoms with Gasteiger partial charge in [0, 0.05) is 23.3 Å². The molecule has 1 aliphatic heterocycles. The maximum atomic E-state index is 14.7. The third-order valence-corrected chi connectivity index (χ3v) is 7.45. The van der Waals surface area contributed by atoms with E-state index in [0.717, 1.165) is 6.42 Å². The maximum Gasteiger partial charge on any atom is 0.213 e. The van der Waals surface area contributed by atoms with E-state index in [1.807, 2.05) is 6.92 Å². The van der Waals surface area contributed by atoms with Gasteiger partial charge >= 0.3 is 0 Å². The van der Waals surface area contributed by atoms with E-state index >= 15 is 0 Å². The van der Waals surface area contributed by atoms with E-state index in [1.165, 1.54) is 43.3 Å². The van der Waals surface area contributed by atoms with Crippen molar-refractivity contribution >= 4 is 5.57 Å². The zero-order valence-corrected chi connectivity index (χ0v) is 22.3. The van der Waals surface area contributed by atoms with Crippen molar-refractivity contribution in [3.63, 3.8) is 0 Å². The molecule has 0 aliphatic carbocycles. The van der Waals surface area contributed by atoms with E-state index in [1.54, 1.807) is 30.3 Å². The largest absolute Gasteiger partial charge is 0.478 e. The summed E-state index contributed by atoms with van der Waals surface area (Å²) in [5, 5.41) is 12.8. The molecule has 2 heterocycles. The molecule has 0 radical (unpaired) electrons.